The predicted octanol–water partition coefficient (Wildman–Crippen LogP) is 2.80. The zero-order valence-electron chi connectivity index (χ0n) is 13.6. The molecule has 0 aliphatic heterocycles. The molecule has 1 aromatic heterocycles. The minimum Gasteiger partial charge on any atom is -0.307 e. The standard InChI is InChI=1S/C17H21N3O3S/c1-24(22,23)12-13-6-8-14(9-7-13)17(21)19-16-10-11-18-20(16)15-4-2-3-5-15/h6-11,15H,2-5,12H2,1H3,(H,19,21). The quantitative estimate of drug-likeness (QED) is 0.902. The molecular formula is C17H21N3O3S. The van der Waals surface area contributed by atoms with E-state index in [4.69, 9.17) is 0 Å². The second-order valence-electron chi connectivity index (χ2n) is 6.32. The molecule has 7 heteroatoms. The van der Waals surface area contributed by atoms with E-state index in [-0.39, 0.29) is 11.7 Å². The van der Waals surface area contributed by atoms with Crippen LogP contribution in [0.4, 0.5) is 5.82 Å². The van der Waals surface area contributed by atoms with Crippen LogP contribution >= 0.6 is 0 Å². The largest absolute Gasteiger partial charge is 0.307 e. The highest BCUT2D eigenvalue weighted by Crippen LogP contribution is 2.31. The number of aromatic nitrogens is 2. The summed E-state index contributed by atoms with van der Waals surface area (Å²) in [6.45, 7) is 0. The van der Waals surface area contributed by atoms with Gasteiger partial charge < -0.3 is 5.32 Å². The average molecular weight is 347 g/mol. The topological polar surface area (TPSA) is 81.1 Å². The number of rotatable bonds is 5. The Hall–Kier alpha value is -2.15. The third kappa shape index (κ3) is 4.03. The van der Waals surface area contributed by atoms with E-state index < -0.39 is 9.84 Å². The first-order valence-electron chi connectivity index (χ1n) is 8.04. The van der Waals surface area contributed by atoms with Gasteiger partial charge in [0.2, 0.25) is 0 Å². The van der Waals surface area contributed by atoms with Crippen molar-refractivity contribution in [3.63, 3.8) is 0 Å². The van der Waals surface area contributed by atoms with Gasteiger partial charge >= 0.3 is 0 Å². The second-order valence-corrected chi connectivity index (χ2v) is 8.46. The van der Waals surface area contributed by atoms with Crippen LogP contribution in [0.5, 0.6) is 0 Å². The number of amides is 1. The van der Waals surface area contributed by atoms with Crippen LogP contribution < -0.4 is 5.32 Å². The molecule has 128 valence electrons. The summed E-state index contributed by atoms with van der Waals surface area (Å²) < 4.78 is 24.5. The third-order valence-corrected chi connectivity index (χ3v) is 5.09. The second kappa shape index (κ2) is 6.76. The molecule has 1 aromatic carbocycles. The Labute approximate surface area is 141 Å². The van der Waals surface area contributed by atoms with E-state index in [2.05, 4.69) is 10.4 Å². The zero-order valence-corrected chi connectivity index (χ0v) is 14.4. The summed E-state index contributed by atoms with van der Waals surface area (Å²) in [6.07, 6.45) is 7.45. The number of carbonyl (C=O) groups is 1. The van der Waals surface area contributed by atoms with Crippen molar-refractivity contribution in [2.45, 2.75) is 37.5 Å². The highest BCUT2D eigenvalue weighted by atomic mass is 32.2. The summed E-state index contributed by atoms with van der Waals surface area (Å²) in [5.41, 5.74) is 1.16. The first kappa shape index (κ1) is 16.7. The smallest absolute Gasteiger partial charge is 0.256 e. The van der Waals surface area contributed by atoms with Gasteiger partial charge in [-0.15, -0.1) is 0 Å². The maximum Gasteiger partial charge on any atom is 0.256 e. The number of carbonyl (C=O) groups excluding carboxylic acids is 1. The summed E-state index contributed by atoms with van der Waals surface area (Å²) in [5.74, 6) is 0.455. The molecule has 1 aliphatic carbocycles. The van der Waals surface area contributed by atoms with Crippen LogP contribution in [0.15, 0.2) is 36.5 Å². The summed E-state index contributed by atoms with van der Waals surface area (Å²) in [4.78, 5) is 12.4. The minimum atomic E-state index is -3.08. The number of hydrogen-bond acceptors (Lipinski definition) is 4. The van der Waals surface area contributed by atoms with Gasteiger partial charge in [-0.25, -0.2) is 13.1 Å². The lowest BCUT2D eigenvalue weighted by Gasteiger charge is -2.14. The SMILES string of the molecule is CS(=O)(=O)Cc1ccc(C(=O)Nc2ccnn2C2CCCC2)cc1. The molecule has 0 atom stereocenters. The molecule has 1 saturated carbocycles. The van der Waals surface area contributed by atoms with E-state index in [9.17, 15) is 13.2 Å². The zero-order chi connectivity index (χ0) is 17.2. The molecular weight excluding hydrogens is 326 g/mol. The Morgan fingerprint density at radius 1 is 1.21 bits per heavy atom. The Kier molecular flexibility index (Phi) is 4.71. The molecule has 0 spiro atoms. The molecule has 0 bridgehead atoms. The van der Waals surface area contributed by atoms with Crippen molar-refractivity contribution in [1.82, 2.24) is 9.78 Å². The van der Waals surface area contributed by atoms with Crippen molar-refractivity contribution in [3.8, 4) is 0 Å². The lowest BCUT2D eigenvalue weighted by molar-refractivity contribution is 0.102. The number of anilines is 1. The van der Waals surface area contributed by atoms with Crippen LogP contribution in [0.1, 0.15) is 47.6 Å². The number of nitrogens with one attached hydrogen (secondary N) is 1. The third-order valence-electron chi connectivity index (χ3n) is 4.23. The molecule has 1 heterocycles. The van der Waals surface area contributed by atoms with E-state index in [1.54, 1.807) is 36.5 Å². The van der Waals surface area contributed by atoms with Crippen molar-refractivity contribution >= 4 is 21.6 Å². The fourth-order valence-electron chi connectivity index (χ4n) is 3.10. The van der Waals surface area contributed by atoms with Crippen LogP contribution in [-0.2, 0) is 15.6 Å². The van der Waals surface area contributed by atoms with Crippen LogP contribution in [0.3, 0.4) is 0 Å². The van der Waals surface area contributed by atoms with Crippen LogP contribution in [0, 0.1) is 0 Å². The minimum absolute atomic E-state index is 0.0245. The maximum atomic E-state index is 12.4. The predicted molar refractivity (Wildman–Crippen MR) is 92.7 cm³/mol. The molecule has 6 nitrogen and oxygen atoms in total. The van der Waals surface area contributed by atoms with Crippen molar-refractivity contribution in [2.75, 3.05) is 11.6 Å². The van der Waals surface area contributed by atoms with Crippen molar-refractivity contribution in [3.05, 3.63) is 47.7 Å². The van der Waals surface area contributed by atoms with E-state index in [0.717, 1.165) is 12.8 Å². The Balaban J connectivity index is 1.70. The molecule has 1 N–H and O–H groups in total. The number of sulfone groups is 1. The lowest BCUT2D eigenvalue weighted by Crippen LogP contribution is -2.17. The highest BCUT2D eigenvalue weighted by Gasteiger charge is 2.20. The first-order valence-corrected chi connectivity index (χ1v) is 10.1. The number of benzene rings is 1. The highest BCUT2D eigenvalue weighted by molar-refractivity contribution is 7.89. The van der Waals surface area contributed by atoms with Gasteiger partial charge in [0.05, 0.1) is 18.0 Å². The summed E-state index contributed by atoms with van der Waals surface area (Å²) in [6, 6.07) is 8.79. The Morgan fingerprint density at radius 2 is 1.88 bits per heavy atom. The average Bonchev–Trinajstić information content (AvgIpc) is 3.16. The van der Waals surface area contributed by atoms with E-state index in [0.29, 0.717) is 23.0 Å². The first-order chi connectivity index (χ1) is 11.4. The molecule has 0 saturated heterocycles. The van der Waals surface area contributed by atoms with Crippen LogP contribution in [0.2, 0.25) is 0 Å². The van der Waals surface area contributed by atoms with Crippen LogP contribution in [-0.4, -0.2) is 30.4 Å². The van der Waals surface area contributed by atoms with Gasteiger partial charge in [-0.05, 0) is 30.5 Å². The molecule has 3 rings (SSSR count). The fourth-order valence-corrected chi connectivity index (χ4v) is 3.89. The molecule has 1 fully saturated rings. The van der Waals surface area contributed by atoms with Gasteiger partial charge in [0.15, 0.2) is 9.84 Å². The molecule has 24 heavy (non-hydrogen) atoms. The lowest BCUT2D eigenvalue weighted by atomic mass is 10.1. The van der Waals surface area contributed by atoms with Gasteiger partial charge in [-0.2, -0.15) is 5.10 Å². The summed E-state index contributed by atoms with van der Waals surface area (Å²) in [7, 11) is -3.08. The van der Waals surface area contributed by atoms with Gasteiger partial charge in [0.1, 0.15) is 5.82 Å². The Morgan fingerprint density at radius 3 is 2.50 bits per heavy atom. The molecule has 0 radical (unpaired) electrons. The van der Waals surface area contributed by atoms with Crippen molar-refractivity contribution in [1.29, 1.82) is 0 Å². The van der Waals surface area contributed by atoms with Gasteiger partial charge in [-0.1, -0.05) is 25.0 Å². The van der Waals surface area contributed by atoms with Gasteiger partial charge in [0, 0.05) is 17.9 Å². The summed E-state index contributed by atoms with van der Waals surface area (Å²) >= 11 is 0. The monoisotopic (exact) mass is 347 g/mol. The number of nitrogens with zero attached hydrogens (tertiary/aromatic N) is 2. The molecule has 1 amide bonds. The summed E-state index contributed by atoms with van der Waals surface area (Å²) in [5, 5.41) is 7.23. The van der Waals surface area contributed by atoms with Crippen LogP contribution in [0.25, 0.3) is 0 Å². The van der Waals surface area contributed by atoms with E-state index >= 15 is 0 Å². The maximum absolute atomic E-state index is 12.4. The molecule has 1 aliphatic rings. The van der Waals surface area contributed by atoms with Crippen molar-refractivity contribution < 1.29 is 13.2 Å². The van der Waals surface area contributed by atoms with Crippen molar-refractivity contribution in [2.24, 2.45) is 0 Å². The normalized spacial score (nSPS) is 15.5. The van der Waals surface area contributed by atoms with E-state index in [1.165, 1.54) is 19.1 Å². The van der Waals surface area contributed by atoms with E-state index in [1.807, 2.05) is 4.68 Å². The van der Waals surface area contributed by atoms with Gasteiger partial charge in [-0.3, -0.25) is 4.79 Å². The van der Waals surface area contributed by atoms with Gasteiger partial charge in [0.25, 0.3) is 5.91 Å². The molecule has 0 unspecified atom stereocenters. The Bertz CT molecular complexity index is 819. The fraction of sp³-hybridized carbons (Fsp3) is 0.412. The number of hydrogen-bond donors (Lipinski definition) is 1. The molecule has 2 aromatic rings.